The van der Waals surface area contributed by atoms with Crippen LogP contribution in [0.25, 0.3) is 0 Å². The molecule has 2 N–H and O–H groups in total. The van der Waals surface area contributed by atoms with E-state index in [2.05, 4.69) is 5.32 Å². The van der Waals surface area contributed by atoms with Crippen molar-refractivity contribution in [3.8, 4) is 5.75 Å². The molecule has 0 saturated carbocycles. The lowest BCUT2D eigenvalue weighted by atomic mass is 10.3. The van der Waals surface area contributed by atoms with Crippen LogP contribution < -0.4 is 10.1 Å². The van der Waals surface area contributed by atoms with Crippen molar-refractivity contribution >= 4 is 5.91 Å². The first-order valence-corrected chi connectivity index (χ1v) is 4.88. The van der Waals surface area contributed by atoms with Crippen molar-refractivity contribution in [2.45, 2.75) is 6.42 Å². The fourth-order valence-electron chi connectivity index (χ4n) is 1.06. The van der Waals surface area contributed by atoms with Gasteiger partial charge in [-0.1, -0.05) is 18.2 Å². The Balaban J connectivity index is 2.14. The molecule has 0 heterocycles. The van der Waals surface area contributed by atoms with Crippen LogP contribution in [-0.2, 0) is 4.79 Å². The smallest absolute Gasteiger partial charge is 0.223 e. The second-order valence-corrected chi connectivity index (χ2v) is 2.99. The van der Waals surface area contributed by atoms with E-state index in [-0.39, 0.29) is 12.5 Å². The van der Waals surface area contributed by atoms with Gasteiger partial charge in [-0.15, -0.1) is 0 Å². The molecule has 0 saturated heterocycles. The van der Waals surface area contributed by atoms with E-state index in [1.54, 1.807) is 0 Å². The van der Waals surface area contributed by atoms with E-state index in [4.69, 9.17) is 9.84 Å². The van der Waals surface area contributed by atoms with Crippen LogP contribution in [0.5, 0.6) is 5.75 Å². The number of carbonyl (C=O) groups excluding carboxylic acids is 1. The molecule has 1 aromatic rings. The Morgan fingerprint density at radius 3 is 2.73 bits per heavy atom. The van der Waals surface area contributed by atoms with Crippen molar-refractivity contribution in [3.05, 3.63) is 30.3 Å². The number of carbonyl (C=O) groups is 1. The summed E-state index contributed by atoms with van der Waals surface area (Å²) in [4.78, 5) is 11.1. The van der Waals surface area contributed by atoms with Crippen molar-refractivity contribution in [1.29, 1.82) is 0 Å². The minimum atomic E-state index is -0.111. The highest BCUT2D eigenvalue weighted by molar-refractivity contribution is 5.75. The molecule has 0 aliphatic heterocycles. The molecule has 4 nitrogen and oxygen atoms in total. The van der Waals surface area contributed by atoms with Gasteiger partial charge in [-0.25, -0.2) is 0 Å². The fraction of sp³-hybridized carbons (Fsp3) is 0.364. The fourth-order valence-corrected chi connectivity index (χ4v) is 1.06. The molecule has 1 rings (SSSR count). The van der Waals surface area contributed by atoms with Gasteiger partial charge in [-0.05, 0) is 12.1 Å². The van der Waals surface area contributed by atoms with Crippen molar-refractivity contribution in [2.24, 2.45) is 0 Å². The Morgan fingerprint density at radius 2 is 2.07 bits per heavy atom. The first-order chi connectivity index (χ1) is 7.33. The van der Waals surface area contributed by atoms with Crippen LogP contribution in [0.15, 0.2) is 30.3 Å². The summed E-state index contributed by atoms with van der Waals surface area (Å²) >= 11 is 0. The van der Waals surface area contributed by atoms with Gasteiger partial charge in [0.2, 0.25) is 5.91 Å². The summed E-state index contributed by atoms with van der Waals surface area (Å²) in [7, 11) is 0. The average Bonchev–Trinajstić information content (AvgIpc) is 2.28. The lowest BCUT2D eigenvalue weighted by Crippen LogP contribution is -2.27. The van der Waals surface area contributed by atoms with E-state index >= 15 is 0 Å². The summed E-state index contributed by atoms with van der Waals surface area (Å²) in [5.41, 5.74) is 0. The third-order valence-corrected chi connectivity index (χ3v) is 1.78. The van der Waals surface area contributed by atoms with Crippen molar-refractivity contribution in [2.75, 3.05) is 19.8 Å². The molecule has 0 fully saturated rings. The largest absolute Gasteiger partial charge is 0.493 e. The highest BCUT2D eigenvalue weighted by atomic mass is 16.5. The van der Waals surface area contributed by atoms with Gasteiger partial charge in [0.1, 0.15) is 5.75 Å². The average molecular weight is 209 g/mol. The van der Waals surface area contributed by atoms with E-state index in [9.17, 15) is 4.79 Å². The number of hydrogen-bond acceptors (Lipinski definition) is 3. The molecular formula is C11H15NO3. The normalized spacial score (nSPS) is 9.67. The van der Waals surface area contributed by atoms with Gasteiger partial charge < -0.3 is 15.2 Å². The summed E-state index contributed by atoms with van der Waals surface area (Å²) < 4.78 is 5.33. The minimum Gasteiger partial charge on any atom is -0.493 e. The zero-order valence-corrected chi connectivity index (χ0v) is 8.48. The molecule has 0 aromatic heterocycles. The Bertz CT molecular complexity index is 287. The lowest BCUT2D eigenvalue weighted by Gasteiger charge is -2.05. The quantitative estimate of drug-likeness (QED) is 0.720. The SMILES string of the molecule is O=C(CCOc1ccccc1)NCCO. The van der Waals surface area contributed by atoms with E-state index < -0.39 is 0 Å². The molecule has 0 unspecified atom stereocenters. The molecule has 0 aliphatic rings. The minimum absolute atomic E-state index is 0.0364. The second kappa shape index (κ2) is 6.84. The maximum Gasteiger partial charge on any atom is 0.223 e. The molecule has 0 atom stereocenters. The molecule has 82 valence electrons. The first-order valence-electron chi connectivity index (χ1n) is 4.88. The Kier molecular flexibility index (Phi) is 5.25. The van der Waals surface area contributed by atoms with E-state index in [0.717, 1.165) is 5.75 Å². The summed E-state index contributed by atoms with van der Waals surface area (Å²) in [5, 5.41) is 11.0. The maximum atomic E-state index is 11.1. The van der Waals surface area contributed by atoms with Gasteiger partial charge >= 0.3 is 0 Å². The van der Waals surface area contributed by atoms with E-state index in [1.165, 1.54) is 0 Å². The molecule has 0 bridgehead atoms. The number of aliphatic hydroxyl groups is 1. The van der Waals surface area contributed by atoms with Crippen LogP contribution >= 0.6 is 0 Å². The molecule has 0 aliphatic carbocycles. The van der Waals surface area contributed by atoms with Gasteiger partial charge in [-0.3, -0.25) is 4.79 Å². The summed E-state index contributed by atoms with van der Waals surface area (Å²) in [6.45, 7) is 0.608. The number of nitrogens with one attached hydrogen (secondary N) is 1. The maximum absolute atomic E-state index is 11.1. The van der Waals surface area contributed by atoms with Crippen LogP contribution in [0, 0.1) is 0 Å². The predicted molar refractivity (Wildman–Crippen MR) is 56.6 cm³/mol. The third-order valence-electron chi connectivity index (χ3n) is 1.78. The van der Waals surface area contributed by atoms with Crippen LogP contribution in [0.1, 0.15) is 6.42 Å². The summed E-state index contributed by atoms with van der Waals surface area (Å²) in [6, 6.07) is 9.33. The number of ether oxygens (including phenoxy) is 1. The highest BCUT2D eigenvalue weighted by Crippen LogP contribution is 2.08. The van der Waals surface area contributed by atoms with Crippen LogP contribution in [0.4, 0.5) is 0 Å². The highest BCUT2D eigenvalue weighted by Gasteiger charge is 2.00. The monoisotopic (exact) mass is 209 g/mol. The van der Waals surface area contributed by atoms with Gasteiger partial charge in [-0.2, -0.15) is 0 Å². The topological polar surface area (TPSA) is 58.6 Å². The van der Waals surface area contributed by atoms with E-state index in [1.807, 2.05) is 30.3 Å². The number of amides is 1. The number of hydrogen-bond donors (Lipinski definition) is 2. The van der Waals surface area contributed by atoms with Crippen LogP contribution in [0.3, 0.4) is 0 Å². The molecule has 4 heteroatoms. The Morgan fingerprint density at radius 1 is 1.33 bits per heavy atom. The number of para-hydroxylation sites is 1. The molecule has 1 amide bonds. The van der Waals surface area contributed by atoms with Gasteiger partial charge in [0, 0.05) is 6.54 Å². The second-order valence-electron chi connectivity index (χ2n) is 2.99. The van der Waals surface area contributed by atoms with Crippen molar-refractivity contribution in [3.63, 3.8) is 0 Å². The van der Waals surface area contributed by atoms with Crippen molar-refractivity contribution in [1.82, 2.24) is 5.32 Å². The Labute approximate surface area is 88.9 Å². The zero-order valence-electron chi connectivity index (χ0n) is 8.48. The van der Waals surface area contributed by atoms with Gasteiger partial charge in [0.05, 0.1) is 19.6 Å². The third kappa shape index (κ3) is 5.02. The van der Waals surface area contributed by atoms with Gasteiger partial charge in [0.25, 0.3) is 0 Å². The van der Waals surface area contributed by atoms with Gasteiger partial charge in [0.15, 0.2) is 0 Å². The number of aliphatic hydroxyl groups excluding tert-OH is 1. The van der Waals surface area contributed by atoms with Crippen LogP contribution in [-0.4, -0.2) is 30.8 Å². The molecule has 15 heavy (non-hydrogen) atoms. The molecule has 1 aromatic carbocycles. The van der Waals surface area contributed by atoms with E-state index in [0.29, 0.717) is 19.6 Å². The first kappa shape index (κ1) is 11.5. The van der Waals surface area contributed by atoms with Crippen molar-refractivity contribution < 1.29 is 14.6 Å². The number of rotatable bonds is 6. The standard InChI is InChI=1S/C11H15NO3/c13-8-7-12-11(14)6-9-15-10-4-2-1-3-5-10/h1-5,13H,6-9H2,(H,12,14). The Hall–Kier alpha value is -1.55. The molecule has 0 spiro atoms. The summed E-state index contributed by atoms with van der Waals surface area (Å²) in [6.07, 6.45) is 0.300. The zero-order chi connectivity index (χ0) is 10.9. The van der Waals surface area contributed by atoms with Crippen LogP contribution in [0.2, 0.25) is 0 Å². The summed E-state index contributed by atoms with van der Waals surface area (Å²) in [5.74, 6) is 0.646. The lowest BCUT2D eigenvalue weighted by molar-refractivity contribution is -0.121. The molecular weight excluding hydrogens is 194 g/mol. The number of benzene rings is 1. The molecule has 0 radical (unpaired) electrons. The predicted octanol–water partition coefficient (Wildman–Crippen LogP) is 0.564.